The van der Waals surface area contributed by atoms with Gasteiger partial charge >= 0.3 is 0 Å². The van der Waals surface area contributed by atoms with Crippen molar-refractivity contribution in [2.24, 2.45) is 0 Å². The van der Waals surface area contributed by atoms with E-state index in [-0.39, 0.29) is 0 Å². The number of fused-ring (bicyclic) bond motifs is 8. The molecule has 0 saturated heterocycles. The van der Waals surface area contributed by atoms with Crippen molar-refractivity contribution in [3.63, 3.8) is 0 Å². The van der Waals surface area contributed by atoms with Crippen LogP contribution in [0.25, 0.3) is 64.3 Å². The third-order valence-corrected chi connectivity index (χ3v) is 8.27. The average Bonchev–Trinajstić information content (AvgIpc) is 3.62. The van der Waals surface area contributed by atoms with Gasteiger partial charge in [0.15, 0.2) is 0 Å². The molecule has 164 valence electrons. The van der Waals surface area contributed by atoms with E-state index in [0.29, 0.717) is 0 Å². The van der Waals surface area contributed by atoms with Gasteiger partial charge in [0.1, 0.15) is 5.00 Å². The highest BCUT2D eigenvalue weighted by molar-refractivity contribution is 7.21. The first-order chi connectivity index (χ1) is 17.4. The Balaban J connectivity index is 1.47. The van der Waals surface area contributed by atoms with Gasteiger partial charge in [0.2, 0.25) is 0 Å². The van der Waals surface area contributed by atoms with Crippen LogP contribution in [0.15, 0.2) is 121 Å². The van der Waals surface area contributed by atoms with Gasteiger partial charge in [-0.1, -0.05) is 66.7 Å². The standard InChI is InChI=1S/C32H20N2S/c1-2-9-22(10-3-1)33-19-18-24-23-14-17-29-32(25(23)15-16-27(24)33)26-11-5-6-12-28(26)34(29)31-20-21-8-4-7-13-30(21)35-31/h1-20H. The van der Waals surface area contributed by atoms with E-state index < -0.39 is 0 Å². The molecule has 0 aliphatic rings. The van der Waals surface area contributed by atoms with Crippen LogP contribution in [0.3, 0.4) is 0 Å². The molecule has 0 spiro atoms. The number of hydrogen-bond donors (Lipinski definition) is 0. The summed E-state index contributed by atoms with van der Waals surface area (Å²) in [5, 5.41) is 9.06. The highest BCUT2D eigenvalue weighted by Gasteiger charge is 2.17. The molecule has 3 heteroatoms. The van der Waals surface area contributed by atoms with Crippen molar-refractivity contribution < 1.29 is 0 Å². The maximum absolute atomic E-state index is 2.44. The second-order valence-corrected chi connectivity index (χ2v) is 10.1. The molecule has 0 unspecified atom stereocenters. The summed E-state index contributed by atoms with van der Waals surface area (Å²) in [5.74, 6) is 0. The fraction of sp³-hybridized carbons (Fsp3) is 0. The van der Waals surface area contributed by atoms with Crippen LogP contribution in [0.1, 0.15) is 0 Å². The van der Waals surface area contributed by atoms with Crippen LogP contribution < -0.4 is 0 Å². The lowest BCUT2D eigenvalue weighted by molar-refractivity contribution is 1.13. The van der Waals surface area contributed by atoms with E-state index in [1.54, 1.807) is 0 Å². The third kappa shape index (κ3) is 2.64. The Hall–Kier alpha value is -4.34. The van der Waals surface area contributed by atoms with Gasteiger partial charge in [0, 0.05) is 32.7 Å². The van der Waals surface area contributed by atoms with Crippen LogP contribution >= 0.6 is 11.3 Å². The largest absolute Gasteiger partial charge is 0.317 e. The summed E-state index contributed by atoms with van der Waals surface area (Å²) in [5.41, 5.74) is 4.93. The van der Waals surface area contributed by atoms with Gasteiger partial charge in [0.05, 0.1) is 16.6 Å². The van der Waals surface area contributed by atoms with Gasteiger partial charge in [-0.25, -0.2) is 0 Å². The molecule has 0 aliphatic heterocycles. The Morgan fingerprint density at radius 2 is 1.29 bits per heavy atom. The number of rotatable bonds is 2. The molecule has 0 amide bonds. The first kappa shape index (κ1) is 19.0. The number of benzene rings is 5. The SMILES string of the molecule is c1ccc(-n2ccc3c4ccc5c(c4ccc32)c2ccccc2n5-c2cc3ccccc3s2)cc1. The Morgan fingerprint density at radius 3 is 2.20 bits per heavy atom. The second-order valence-electron chi connectivity index (χ2n) is 9.05. The van der Waals surface area contributed by atoms with Crippen molar-refractivity contribution in [3.8, 4) is 10.7 Å². The van der Waals surface area contributed by atoms with Gasteiger partial charge in [-0.3, -0.25) is 0 Å². The first-order valence-corrected chi connectivity index (χ1v) is 12.7. The Bertz CT molecular complexity index is 2020. The van der Waals surface area contributed by atoms with E-state index in [1.165, 1.54) is 64.3 Å². The monoisotopic (exact) mass is 464 g/mol. The number of para-hydroxylation sites is 2. The summed E-state index contributed by atoms with van der Waals surface area (Å²) in [7, 11) is 0. The zero-order valence-corrected chi connectivity index (χ0v) is 19.7. The van der Waals surface area contributed by atoms with Crippen LogP contribution in [0, 0.1) is 0 Å². The van der Waals surface area contributed by atoms with Crippen LogP contribution in [-0.4, -0.2) is 9.13 Å². The third-order valence-electron chi connectivity index (χ3n) is 7.17. The van der Waals surface area contributed by atoms with E-state index in [2.05, 4.69) is 131 Å². The van der Waals surface area contributed by atoms with E-state index in [0.717, 1.165) is 0 Å². The summed E-state index contributed by atoms with van der Waals surface area (Å²) in [6.45, 7) is 0. The number of thiophene rings is 1. The molecule has 2 nitrogen and oxygen atoms in total. The van der Waals surface area contributed by atoms with E-state index >= 15 is 0 Å². The van der Waals surface area contributed by atoms with Crippen molar-refractivity contribution in [1.29, 1.82) is 0 Å². The topological polar surface area (TPSA) is 9.86 Å². The molecule has 8 aromatic rings. The van der Waals surface area contributed by atoms with Crippen LogP contribution in [0.2, 0.25) is 0 Å². The predicted molar refractivity (Wildman–Crippen MR) is 151 cm³/mol. The highest BCUT2D eigenvalue weighted by Crippen LogP contribution is 2.41. The molecule has 3 aromatic heterocycles. The maximum atomic E-state index is 2.44. The molecule has 0 radical (unpaired) electrons. The molecule has 0 N–H and O–H groups in total. The molecule has 0 atom stereocenters. The van der Waals surface area contributed by atoms with Crippen LogP contribution in [0.5, 0.6) is 0 Å². The summed E-state index contributed by atoms with van der Waals surface area (Å²) < 4.78 is 6.03. The lowest BCUT2D eigenvalue weighted by Gasteiger charge is -2.08. The van der Waals surface area contributed by atoms with E-state index in [1.807, 2.05) is 11.3 Å². The molecule has 35 heavy (non-hydrogen) atoms. The molecule has 0 bridgehead atoms. The molecule has 0 fully saturated rings. The fourth-order valence-corrected chi connectivity index (χ4v) is 6.72. The number of hydrogen-bond acceptors (Lipinski definition) is 1. The number of nitrogens with zero attached hydrogens (tertiary/aromatic N) is 2. The van der Waals surface area contributed by atoms with Crippen molar-refractivity contribution in [2.45, 2.75) is 0 Å². The Kier molecular flexibility index (Phi) is 3.85. The molecule has 3 heterocycles. The van der Waals surface area contributed by atoms with Gasteiger partial charge in [0.25, 0.3) is 0 Å². The minimum absolute atomic E-state index is 1.18. The molecular weight excluding hydrogens is 444 g/mol. The maximum Gasteiger partial charge on any atom is 0.101 e. The highest BCUT2D eigenvalue weighted by atomic mass is 32.1. The molecular formula is C32H20N2S. The Labute approximate surface area is 205 Å². The molecule has 5 aromatic carbocycles. The first-order valence-electron chi connectivity index (χ1n) is 11.9. The van der Waals surface area contributed by atoms with Crippen LogP contribution in [0.4, 0.5) is 0 Å². The zero-order chi connectivity index (χ0) is 22.9. The lowest BCUT2D eigenvalue weighted by atomic mass is 10.0. The van der Waals surface area contributed by atoms with E-state index in [9.17, 15) is 0 Å². The zero-order valence-electron chi connectivity index (χ0n) is 18.8. The second kappa shape index (κ2) is 7.08. The molecule has 0 aliphatic carbocycles. The normalized spacial score (nSPS) is 12.0. The molecule has 0 saturated carbocycles. The van der Waals surface area contributed by atoms with Gasteiger partial charge in [-0.2, -0.15) is 0 Å². The van der Waals surface area contributed by atoms with Gasteiger partial charge in [-0.05, 0) is 64.7 Å². The summed E-state index contributed by atoms with van der Waals surface area (Å²) in [6, 6.07) is 41.8. The van der Waals surface area contributed by atoms with Crippen molar-refractivity contribution in [2.75, 3.05) is 0 Å². The van der Waals surface area contributed by atoms with Gasteiger partial charge in [-0.15, -0.1) is 11.3 Å². The quantitative estimate of drug-likeness (QED) is 0.241. The van der Waals surface area contributed by atoms with Crippen LogP contribution in [-0.2, 0) is 0 Å². The Morgan fingerprint density at radius 1 is 0.514 bits per heavy atom. The molecule has 8 rings (SSSR count). The predicted octanol–water partition coefficient (Wildman–Crippen LogP) is 9.10. The minimum Gasteiger partial charge on any atom is -0.317 e. The smallest absolute Gasteiger partial charge is 0.101 e. The van der Waals surface area contributed by atoms with Crippen molar-refractivity contribution >= 4 is 64.9 Å². The van der Waals surface area contributed by atoms with E-state index in [4.69, 9.17) is 0 Å². The minimum atomic E-state index is 1.18. The fourth-order valence-electron chi connectivity index (χ4n) is 5.63. The van der Waals surface area contributed by atoms with Crippen molar-refractivity contribution in [1.82, 2.24) is 9.13 Å². The lowest BCUT2D eigenvalue weighted by Crippen LogP contribution is -1.91. The average molecular weight is 465 g/mol. The summed E-state index contributed by atoms with van der Waals surface area (Å²) >= 11 is 1.85. The summed E-state index contributed by atoms with van der Waals surface area (Å²) in [4.78, 5) is 0. The van der Waals surface area contributed by atoms with Gasteiger partial charge < -0.3 is 9.13 Å². The number of aromatic nitrogens is 2. The van der Waals surface area contributed by atoms with Crippen molar-refractivity contribution in [3.05, 3.63) is 121 Å². The summed E-state index contributed by atoms with van der Waals surface area (Å²) in [6.07, 6.45) is 2.18.